The highest BCUT2D eigenvalue weighted by atomic mass is 16.1. The average Bonchev–Trinajstić information content (AvgIpc) is 2.08. The van der Waals surface area contributed by atoms with E-state index in [4.69, 9.17) is 11.5 Å². The first kappa shape index (κ1) is 11.7. The van der Waals surface area contributed by atoms with Crippen molar-refractivity contribution in [3.63, 3.8) is 0 Å². The van der Waals surface area contributed by atoms with Gasteiger partial charge in [-0.2, -0.15) is 0 Å². The van der Waals surface area contributed by atoms with Crippen LogP contribution in [-0.2, 0) is 4.79 Å². The van der Waals surface area contributed by atoms with E-state index in [0.717, 1.165) is 12.8 Å². The van der Waals surface area contributed by atoms with E-state index in [-0.39, 0.29) is 11.9 Å². The normalized spacial score (nSPS) is 9.31. The van der Waals surface area contributed by atoms with Crippen molar-refractivity contribution in [1.29, 1.82) is 0 Å². The van der Waals surface area contributed by atoms with Gasteiger partial charge in [-0.1, -0.05) is 13.3 Å². The van der Waals surface area contributed by atoms with Gasteiger partial charge in [0.05, 0.1) is 6.54 Å². The molecule has 0 rings (SSSR count). The van der Waals surface area contributed by atoms with Crippen LogP contribution >= 0.6 is 0 Å². The van der Waals surface area contributed by atoms with Gasteiger partial charge in [-0.15, -0.1) is 0 Å². The van der Waals surface area contributed by atoms with Crippen LogP contribution in [0, 0.1) is 0 Å². The van der Waals surface area contributed by atoms with Crippen LogP contribution < -0.4 is 16.8 Å². The molecule has 0 bridgehead atoms. The molecule has 0 unspecified atom stereocenters. The van der Waals surface area contributed by atoms with Crippen molar-refractivity contribution in [1.82, 2.24) is 5.32 Å². The third kappa shape index (κ3) is 8.65. The lowest BCUT2D eigenvalue weighted by Crippen LogP contribution is -2.28. The Bertz CT molecular complexity index is 175. The lowest BCUT2D eigenvalue weighted by atomic mass is 10.2. The van der Waals surface area contributed by atoms with E-state index >= 15 is 0 Å². The number of hydrogen-bond acceptors (Lipinski definition) is 2. The third-order valence-electron chi connectivity index (χ3n) is 1.49. The standard InChI is InChI=1S/C8H18N4O/c1-2-3-4-7(13)11-5-6-12-8(9)10/h2-6H2,1H3,(H,11,13)(H4,9,10,12). The zero-order valence-corrected chi connectivity index (χ0v) is 8.05. The number of carbonyl (C=O) groups excluding carboxylic acids is 1. The van der Waals surface area contributed by atoms with Crippen LogP contribution in [0.25, 0.3) is 0 Å². The van der Waals surface area contributed by atoms with E-state index in [9.17, 15) is 4.79 Å². The van der Waals surface area contributed by atoms with Crippen LogP contribution in [0.15, 0.2) is 4.99 Å². The fraction of sp³-hybridized carbons (Fsp3) is 0.750. The van der Waals surface area contributed by atoms with Gasteiger partial charge in [0.25, 0.3) is 0 Å². The maximum atomic E-state index is 11.0. The Morgan fingerprint density at radius 3 is 2.69 bits per heavy atom. The number of rotatable bonds is 6. The Balaban J connectivity index is 3.32. The number of nitrogens with two attached hydrogens (primary N) is 2. The number of unbranched alkanes of at least 4 members (excludes halogenated alkanes) is 1. The summed E-state index contributed by atoms with van der Waals surface area (Å²) in [6.45, 7) is 2.99. The molecule has 0 aromatic rings. The minimum atomic E-state index is 0.0582. The minimum Gasteiger partial charge on any atom is -0.370 e. The van der Waals surface area contributed by atoms with Crippen LogP contribution in [0.5, 0.6) is 0 Å². The first-order chi connectivity index (χ1) is 6.16. The predicted molar refractivity (Wildman–Crippen MR) is 53.2 cm³/mol. The monoisotopic (exact) mass is 186 g/mol. The molecule has 0 heterocycles. The number of amides is 1. The van der Waals surface area contributed by atoms with Crippen LogP contribution in [0.2, 0.25) is 0 Å². The van der Waals surface area contributed by atoms with E-state index in [1.807, 2.05) is 6.92 Å². The topological polar surface area (TPSA) is 93.5 Å². The Morgan fingerprint density at radius 1 is 1.46 bits per heavy atom. The molecule has 0 saturated heterocycles. The summed E-state index contributed by atoms with van der Waals surface area (Å²) < 4.78 is 0. The van der Waals surface area contributed by atoms with E-state index in [1.165, 1.54) is 0 Å². The maximum Gasteiger partial charge on any atom is 0.220 e. The molecule has 0 radical (unpaired) electrons. The molecule has 0 aliphatic carbocycles. The highest BCUT2D eigenvalue weighted by Gasteiger charge is 1.97. The predicted octanol–water partition coefficient (Wildman–Crippen LogP) is -0.434. The molecule has 5 heteroatoms. The number of carbonyl (C=O) groups is 1. The quantitative estimate of drug-likeness (QED) is 0.298. The van der Waals surface area contributed by atoms with Crippen LogP contribution in [0.4, 0.5) is 0 Å². The third-order valence-corrected chi connectivity index (χ3v) is 1.49. The summed E-state index contributed by atoms with van der Waals surface area (Å²) in [6, 6.07) is 0. The molecule has 1 amide bonds. The summed E-state index contributed by atoms with van der Waals surface area (Å²) in [5, 5.41) is 2.72. The van der Waals surface area contributed by atoms with E-state index in [0.29, 0.717) is 19.5 Å². The summed E-state index contributed by atoms with van der Waals surface area (Å²) in [6.07, 6.45) is 2.54. The van der Waals surface area contributed by atoms with E-state index in [1.54, 1.807) is 0 Å². The number of nitrogens with one attached hydrogen (secondary N) is 1. The molecular formula is C8H18N4O. The second-order valence-corrected chi connectivity index (χ2v) is 2.76. The smallest absolute Gasteiger partial charge is 0.220 e. The van der Waals surface area contributed by atoms with Crippen molar-refractivity contribution in [3.05, 3.63) is 0 Å². The SMILES string of the molecule is CCCCC(=O)NCCN=C(N)N. The molecule has 5 nitrogen and oxygen atoms in total. The summed E-state index contributed by atoms with van der Waals surface area (Å²) in [5.41, 5.74) is 10.2. The summed E-state index contributed by atoms with van der Waals surface area (Å²) in [5.74, 6) is 0.121. The molecule has 5 N–H and O–H groups in total. The molecule has 76 valence electrons. The Hall–Kier alpha value is -1.26. The van der Waals surface area contributed by atoms with Crippen molar-refractivity contribution >= 4 is 11.9 Å². The first-order valence-corrected chi connectivity index (χ1v) is 4.49. The van der Waals surface area contributed by atoms with Gasteiger partial charge in [0, 0.05) is 13.0 Å². The summed E-state index contributed by atoms with van der Waals surface area (Å²) in [7, 11) is 0. The molecule has 0 aliphatic heterocycles. The van der Waals surface area contributed by atoms with Gasteiger partial charge < -0.3 is 16.8 Å². The van der Waals surface area contributed by atoms with Crippen molar-refractivity contribution in [3.8, 4) is 0 Å². The first-order valence-electron chi connectivity index (χ1n) is 4.49. The fourth-order valence-corrected chi connectivity index (χ4v) is 0.806. The highest BCUT2D eigenvalue weighted by Crippen LogP contribution is 1.92. The number of guanidine groups is 1. The van der Waals surface area contributed by atoms with Gasteiger partial charge in [-0.3, -0.25) is 9.79 Å². The van der Waals surface area contributed by atoms with Crippen molar-refractivity contribution in [2.45, 2.75) is 26.2 Å². The lowest BCUT2D eigenvalue weighted by Gasteiger charge is -2.01. The van der Waals surface area contributed by atoms with Gasteiger partial charge in [0.2, 0.25) is 5.91 Å². The zero-order chi connectivity index (χ0) is 10.1. The number of hydrogen-bond donors (Lipinski definition) is 3. The van der Waals surface area contributed by atoms with Gasteiger partial charge in [-0.25, -0.2) is 0 Å². The molecular weight excluding hydrogens is 168 g/mol. The van der Waals surface area contributed by atoms with Crippen LogP contribution in [0.1, 0.15) is 26.2 Å². The summed E-state index contributed by atoms with van der Waals surface area (Å²) >= 11 is 0. The average molecular weight is 186 g/mol. The van der Waals surface area contributed by atoms with Crippen molar-refractivity contribution < 1.29 is 4.79 Å². The molecule has 0 aromatic heterocycles. The van der Waals surface area contributed by atoms with Crippen molar-refractivity contribution in [2.75, 3.05) is 13.1 Å². The van der Waals surface area contributed by atoms with Gasteiger partial charge in [-0.05, 0) is 6.42 Å². The van der Waals surface area contributed by atoms with E-state index < -0.39 is 0 Å². The van der Waals surface area contributed by atoms with Gasteiger partial charge >= 0.3 is 0 Å². The molecule has 0 saturated carbocycles. The van der Waals surface area contributed by atoms with Gasteiger partial charge in [0.15, 0.2) is 5.96 Å². The molecule has 0 spiro atoms. The maximum absolute atomic E-state index is 11.0. The van der Waals surface area contributed by atoms with Crippen LogP contribution in [-0.4, -0.2) is 25.0 Å². The number of nitrogens with zero attached hydrogens (tertiary/aromatic N) is 1. The minimum absolute atomic E-state index is 0.0582. The molecule has 13 heavy (non-hydrogen) atoms. The zero-order valence-electron chi connectivity index (χ0n) is 8.05. The Morgan fingerprint density at radius 2 is 2.15 bits per heavy atom. The Labute approximate surface area is 78.6 Å². The largest absolute Gasteiger partial charge is 0.370 e. The molecule has 0 atom stereocenters. The highest BCUT2D eigenvalue weighted by molar-refractivity contribution is 5.76. The Kier molecular flexibility index (Phi) is 6.68. The van der Waals surface area contributed by atoms with Gasteiger partial charge in [0.1, 0.15) is 0 Å². The van der Waals surface area contributed by atoms with Crippen molar-refractivity contribution in [2.24, 2.45) is 16.5 Å². The molecule has 0 fully saturated rings. The van der Waals surface area contributed by atoms with E-state index in [2.05, 4.69) is 10.3 Å². The fourth-order valence-electron chi connectivity index (χ4n) is 0.806. The second kappa shape index (κ2) is 7.39. The number of aliphatic imine (C=N–C) groups is 1. The lowest BCUT2D eigenvalue weighted by molar-refractivity contribution is -0.121. The molecule has 0 aliphatic rings. The second-order valence-electron chi connectivity index (χ2n) is 2.76. The van der Waals surface area contributed by atoms with Crippen LogP contribution in [0.3, 0.4) is 0 Å². The molecule has 0 aromatic carbocycles. The summed E-state index contributed by atoms with van der Waals surface area (Å²) in [4.78, 5) is 14.8.